The number of hydrogen-bond donors (Lipinski definition) is 4. The molecular formula is C10H24N4. The van der Waals surface area contributed by atoms with Gasteiger partial charge < -0.3 is 21.3 Å². The zero-order valence-electron chi connectivity index (χ0n) is 12.7. The molecule has 4 N–H and O–H groups in total. The van der Waals surface area contributed by atoms with Crippen LogP contribution in [0.3, 0.4) is 0 Å². The van der Waals surface area contributed by atoms with Crippen molar-refractivity contribution in [1.82, 2.24) is 21.3 Å². The summed E-state index contributed by atoms with van der Waals surface area (Å²) >= 11 is 0. The second kappa shape index (κ2) is 9.40. The topological polar surface area (TPSA) is 48.1 Å². The van der Waals surface area contributed by atoms with Gasteiger partial charge in [0.15, 0.2) is 0 Å². The minimum absolute atomic E-state index is 0.453. The van der Waals surface area contributed by atoms with Gasteiger partial charge in [0, 0.05) is 31.6 Å². The van der Waals surface area contributed by atoms with E-state index in [2.05, 4.69) is 21.3 Å². The van der Waals surface area contributed by atoms with Crippen LogP contribution in [-0.4, -0.2) is 52.3 Å². The lowest BCUT2D eigenvalue weighted by atomic mass is 10.3. The zero-order valence-corrected chi connectivity index (χ0v) is 8.66. The summed E-state index contributed by atoms with van der Waals surface area (Å²) in [5.41, 5.74) is 0. The summed E-state index contributed by atoms with van der Waals surface area (Å²) in [4.78, 5) is 0. The van der Waals surface area contributed by atoms with Crippen LogP contribution in [0.4, 0.5) is 0 Å². The Labute approximate surface area is 92.8 Å². The Kier molecular flexibility index (Phi) is 4.81. The van der Waals surface area contributed by atoms with Gasteiger partial charge in [0.2, 0.25) is 0 Å². The summed E-state index contributed by atoms with van der Waals surface area (Å²) in [5, 5.41) is 11.8. The lowest BCUT2D eigenvalue weighted by Gasteiger charge is -2.10. The van der Waals surface area contributed by atoms with E-state index in [1.165, 1.54) is 0 Å². The lowest BCUT2D eigenvalue weighted by molar-refractivity contribution is 0.530. The van der Waals surface area contributed by atoms with Crippen molar-refractivity contribution in [2.45, 2.75) is 12.8 Å². The second-order valence-corrected chi connectivity index (χ2v) is 3.31. The largest absolute Gasteiger partial charge is 0.315 e. The molecule has 1 heterocycles. The molecule has 14 heavy (non-hydrogen) atoms. The van der Waals surface area contributed by atoms with E-state index in [1.807, 2.05) is 0 Å². The minimum atomic E-state index is -2.06. The first-order valence-corrected chi connectivity index (χ1v) is 5.37. The first-order valence-electron chi connectivity index (χ1n) is 7.37. The Bertz CT molecular complexity index is 214. The minimum Gasteiger partial charge on any atom is -0.315 e. The normalized spacial score (nSPS) is 35.4. The Balaban J connectivity index is 2.48. The summed E-state index contributed by atoms with van der Waals surface area (Å²) < 4.78 is 31.0. The molecule has 0 unspecified atom stereocenters. The molecule has 1 aliphatic rings. The zero-order chi connectivity index (χ0) is 13.5. The third-order valence-electron chi connectivity index (χ3n) is 2.03. The van der Waals surface area contributed by atoms with Gasteiger partial charge in [-0.2, -0.15) is 0 Å². The van der Waals surface area contributed by atoms with Crippen LogP contribution >= 0.6 is 0 Å². The molecule has 0 aliphatic carbocycles. The quantitative estimate of drug-likeness (QED) is 0.418. The van der Waals surface area contributed by atoms with Gasteiger partial charge in [-0.05, 0) is 39.0 Å². The van der Waals surface area contributed by atoms with E-state index in [0.717, 1.165) is 39.0 Å². The molecule has 0 bridgehead atoms. The lowest BCUT2D eigenvalue weighted by Crippen LogP contribution is -2.34. The standard InChI is InChI=1S/C10H24N4/c1-3-11-7-9-13-5-2-6-14-10-8-12-4-1/h11-14H,1-10H2/i7T2,9T2. The van der Waals surface area contributed by atoms with Gasteiger partial charge in [0.05, 0.1) is 0 Å². The summed E-state index contributed by atoms with van der Waals surface area (Å²) in [6, 6.07) is 0. The van der Waals surface area contributed by atoms with Crippen molar-refractivity contribution in [3.63, 3.8) is 0 Å². The highest BCUT2D eigenvalue weighted by molar-refractivity contribution is 4.58. The van der Waals surface area contributed by atoms with E-state index in [-0.39, 0.29) is 0 Å². The molecule has 1 aliphatic heterocycles. The van der Waals surface area contributed by atoms with E-state index in [0.29, 0.717) is 13.1 Å². The summed E-state index contributed by atoms with van der Waals surface area (Å²) in [7, 11) is 0. The highest BCUT2D eigenvalue weighted by atomic mass is 15.0. The molecule has 0 aromatic rings. The van der Waals surface area contributed by atoms with Crippen LogP contribution in [0.5, 0.6) is 0 Å². The number of nitrogens with one attached hydrogen (secondary N) is 4. The van der Waals surface area contributed by atoms with Crippen molar-refractivity contribution < 1.29 is 5.48 Å². The van der Waals surface area contributed by atoms with E-state index >= 15 is 0 Å². The molecule has 0 radical (unpaired) electrons. The van der Waals surface area contributed by atoms with Crippen molar-refractivity contribution in [3.05, 3.63) is 0 Å². The van der Waals surface area contributed by atoms with Crippen LogP contribution in [0.1, 0.15) is 18.3 Å². The molecule has 4 nitrogen and oxygen atoms in total. The Morgan fingerprint density at radius 2 is 1.00 bits per heavy atom. The maximum Gasteiger partial charge on any atom is 0.0441 e. The first-order chi connectivity index (χ1) is 8.46. The Morgan fingerprint density at radius 1 is 0.571 bits per heavy atom. The molecule has 4 heteroatoms. The van der Waals surface area contributed by atoms with Crippen LogP contribution in [-0.2, 0) is 0 Å². The fraction of sp³-hybridized carbons (Fsp3) is 1.00. The summed E-state index contributed by atoms with van der Waals surface area (Å²) in [5.74, 6) is 0. The smallest absolute Gasteiger partial charge is 0.0441 e. The number of hydrogen-bond acceptors (Lipinski definition) is 4. The van der Waals surface area contributed by atoms with Gasteiger partial charge in [-0.15, -0.1) is 0 Å². The van der Waals surface area contributed by atoms with Gasteiger partial charge in [-0.25, -0.2) is 0 Å². The monoisotopic (exact) mass is 208 g/mol. The molecule has 0 atom stereocenters. The van der Waals surface area contributed by atoms with Crippen LogP contribution in [0.15, 0.2) is 0 Å². The molecule has 0 saturated carbocycles. The van der Waals surface area contributed by atoms with Gasteiger partial charge in [0.1, 0.15) is 0 Å². The Morgan fingerprint density at radius 3 is 1.50 bits per heavy atom. The van der Waals surface area contributed by atoms with Gasteiger partial charge in [-0.3, -0.25) is 0 Å². The van der Waals surface area contributed by atoms with E-state index in [4.69, 9.17) is 5.48 Å². The Hall–Kier alpha value is -0.160. The fourth-order valence-electron chi connectivity index (χ4n) is 1.24. The third kappa shape index (κ3) is 7.26. The van der Waals surface area contributed by atoms with E-state index < -0.39 is 13.0 Å². The van der Waals surface area contributed by atoms with Crippen LogP contribution < -0.4 is 21.3 Å². The molecule has 1 saturated heterocycles. The maximum atomic E-state index is 7.74. The molecule has 0 aromatic heterocycles. The van der Waals surface area contributed by atoms with Crippen LogP contribution in [0.25, 0.3) is 0 Å². The van der Waals surface area contributed by atoms with Crippen molar-refractivity contribution in [2.75, 3.05) is 52.3 Å². The third-order valence-corrected chi connectivity index (χ3v) is 2.03. The fourth-order valence-corrected chi connectivity index (χ4v) is 1.24. The molecule has 1 fully saturated rings. The second-order valence-electron chi connectivity index (χ2n) is 3.31. The van der Waals surface area contributed by atoms with Gasteiger partial charge in [0.25, 0.3) is 0 Å². The predicted octanol–water partition coefficient (Wildman–Crippen LogP) is -0.861. The molecule has 0 amide bonds. The number of rotatable bonds is 0. The van der Waals surface area contributed by atoms with E-state index in [9.17, 15) is 0 Å². The highest BCUT2D eigenvalue weighted by Crippen LogP contribution is 1.76. The average Bonchev–Trinajstić information content (AvgIpc) is 2.29. The van der Waals surface area contributed by atoms with Gasteiger partial charge >= 0.3 is 0 Å². The highest BCUT2D eigenvalue weighted by Gasteiger charge is 1.93. The van der Waals surface area contributed by atoms with Crippen LogP contribution in [0.2, 0.25) is 0 Å². The van der Waals surface area contributed by atoms with Gasteiger partial charge in [-0.1, -0.05) is 0 Å². The first kappa shape index (κ1) is 7.17. The molecule has 0 aromatic carbocycles. The molecule has 84 valence electrons. The summed E-state index contributed by atoms with van der Waals surface area (Å²) in [6.45, 7) is 0.197. The maximum absolute atomic E-state index is 7.74. The average molecular weight is 208 g/mol. The van der Waals surface area contributed by atoms with Crippen molar-refractivity contribution in [1.29, 1.82) is 0 Å². The van der Waals surface area contributed by atoms with Crippen molar-refractivity contribution in [3.8, 4) is 0 Å². The van der Waals surface area contributed by atoms with E-state index in [1.54, 1.807) is 0 Å². The molecular weight excluding hydrogens is 176 g/mol. The predicted molar refractivity (Wildman–Crippen MR) is 60.7 cm³/mol. The van der Waals surface area contributed by atoms with Crippen molar-refractivity contribution in [2.24, 2.45) is 0 Å². The SMILES string of the molecule is [3H]C1([3H])NCCCNCCNCCCNC1([3H])[3H]. The van der Waals surface area contributed by atoms with Crippen LogP contribution in [0, 0.1) is 0 Å². The summed E-state index contributed by atoms with van der Waals surface area (Å²) in [6.07, 6.45) is 1.55. The van der Waals surface area contributed by atoms with Crippen molar-refractivity contribution >= 4 is 0 Å². The molecule has 0 spiro atoms. The molecule has 1 rings (SSSR count).